The summed E-state index contributed by atoms with van der Waals surface area (Å²) in [5, 5.41) is 14.8. The molecule has 2 N–H and O–H groups in total. The van der Waals surface area contributed by atoms with Crippen molar-refractivity contribution in [3.63, 3.8) is 0 Å². The van der Waals surface area contributed by atoms with Crippen molar-refractivity contribution in [2.75, 3.05) is 7.05 Å². The molecule has 1 aromatic rings. The fourth-order valence-electron chi connectivity index (χ4n) is 1.41. The number of nitro groups is 1. The van der Waals surface area contributed by atoms with E-state index in [9.17, 15) is 28.5 Å². The number of nitrogens with one attached hydrogen (secondary N) is 2. The first-order chi connectivity index (χ1) is 9.27. The van der Waals surface area contributed by atoms with Gasteiger partial charge in [0.15, 0.2) is 0 Å². The first-order valence-electron chi connectivity index (χ1n) is 5.43. The molecular formula is C11H11F2N3O4. The van der Waals surface area contributed by atoms with E-state index < -0.39 is 45.7 Å². The fraction of sp³-hybridized carbons (Fsp3) is 0.273. The molecular weight excluding hydrogens is 276 g/mol. The third-order valence-electron chi connectivity index (χ3n) is 2.47. The first-order valence-corrected chi connectivity index (χ1v) is 5.43. The van der Waals surface area contributed by atoms with E-state index in [1.807, 2.05) is 0 Å². The molecule has 9 heteroatoms. The highest BCUT2D eigenvalue weighted by Gasteiger charge is 2.23. The quantitative estimate of drug-likeness (QED) is 0.629. The molecule has 0 bridgehead atoms. The molecule has 7 nitrogen and oxygen atoms in total. The lowest BCUT2D eigenvalue weighted by atomic mass is 10.1. The summed E-state index contributed by atoms with van der Waals surface area (Å²) < 4.78 is 26.9. The summed E-state index contributed by atoms with van der Waals surface area (Å²) in [6.45, 7) is 1.34. The summed E-state index contributed by atoms with van der Waals surface area (Å²) >= 11 is 0. The van der Waals surface area contributed by atoms with Gasteiger partial charge in [0.1, 0.15) is 11.9 Å². The Morgan fingerprint density at radius 1 is 1.30 bits per heavy atom. The molecule has 20 heavy (non-hydrogen) atoms. The Hall–Kier alpha value is -2.58. The largest absolute Gasteiger partial charge is 0.357 e. The molecule has 1 rings (SSSR count). The van der Waals surface area contributed by atoms with E-state index >= 15 is 0 Å². The number of rotatable bonds is 4. The molecule has 2 amide bonds. The lowest BCUT2D eigenvalue weighted by Gasteiger charge is -2.12. The summed E-state index contributed by atoms with van der Waals surface area (Å²) in [6, 6.07) is -0.237. The minimum Gasteiger partial charge on any atom is -0.357 e. The Labute approximate surface area is 112 Å². The van der Waals surface area contributed by atoms with Crippen molar-refractivity contribution in [2.24, 2.45) is 0 Å². The normalized spacial score (nSPS) is 11.6. The van der Waals surface area contributed by atoms with Gasteiger partial charge in [-0.15, -0.1) is 0 Å². The van der Waals surface area contributed by atoms with E-state index in [4.69, 9.17) is 0 Å². The van der Waals surface area contributed by atoms with E-state index in [1.165, 1.54) is 14.0 Å². The second-order valence-electron chi connectivity index (χ2n) is 3.85. The molecule has 0 aliphatic carbocycles. The van der Waals surface area contributed by atoms with Crippen LogP contribution >= 0.6 is 0 Å². The zero-order chi connectivity index (χ0) is 15.4. The molecule has 0 radical (unpaired) electrons. The molecule has 0 heterocycles. The van der Waals surface area contributed by atoms with Crippen LogP contribution in [0.25, 0.3) is 0 Å². The van der Waals surface area contributed by atoms with Crippen molar-refractivity contribution in [1.29, 1.82) is 0 Å². The van der Waals surface area contributed by atoms with Gasteiger partial charge in [0.2, 0.25) is 11.7 Å². The van der Waals surface area contributed by atoms with Crippen molar-refractivity contribution in [3.8, 4) is 0 Å². The number of nitrogens with zero attached hydrogens (tertiary/aromatic N) is 1. The fourth-order valence-corrected chi connectivity index (χ4v) is 1.41. The van der Waals surface area contributed by atoms with Crippen molar-refractivity contribution >= 4 is 17.5 Å². The molecule has 0 aliphatic rings. The highest BCUT2D eigenvalue weighted by Crippen LogP contribution is 2.21. The number of hydrogen-bond donors (Lipinski definition) is 2. The third-order valence-corrected chi connectivity index (χ3v) is 2.47. The highest BCUT2D eigenvalue weighted by molar-refractivity contribution is 5.97. The molecule has 0 aliphatic heterocycles. The van der Waals surface area contributed by atoms with Gasteiger partial charge in [-0.2, -0.15) is 4.39 Å². The second kappa shape index (κ2) is 6.04. The van der Waals surface area contributed by atoms with Crippen LogP contribution in [0.3, 0.4) is 0 Å². The van der Waals surface area contributed by atoms with Crippen molar-refractivity contribution < 1.29 is 23.3 Å². The maximum atomic E-state index is 13.5. The zero-order valence-corrected chi connectivity index (χ0v) is 10.6. The van der Waals surface area contributed by atoms with E-state index in [0.717, 1.165) is 0 Å². The Morgan fingerprint density at radius 3 is 2.40 bits per heavy atom. The number of carbonyl (C=O) groups excluding carboxylic acids is 2. The van der Waals surface area contributed by atoms with Crippen LogP contribution < -0.4 is 10.6 Å². The van der Waals surface area contributed by atoms with Crippen LogP contribution in [0.5, 0.6) is 0 Å². The predicted octanol–water partition coefficient (Wildman–Crippen LogP) is 0.737. The Bertz CT molecular complexity index is 577. The van der Waals surface area contributed by atoms with Crippen LogP contribution in [0.2, 0.25) is 0 Å². The average molecular weight is 287 g/mol. The van der Waals surface area contributed by atoms with E-state index in [-0.39, 0.29) is 0 Å². The zero-order valence-electron chi connectivity index (χ0n) is 10.6. The van der Waals surface area contributed by atoms with Crippen LogP contribution in [0, 0.1) is 21.7 Å². The third kappa shape index (κ3) is 3.25. The average Bonchev–Trinajstić information content (AvgIpc) is 2.39. The number of benzene rings is 1. The highest BCUT2D eigenvalue weighted by atomic mass is 19.1. The van der Waals surface area contributed by atoms with Gasteiger partial charge in [0.25, 0.3) is 5.91 Å². The molecule has 1 aromatic carbocycles. The van der Waals surface area contributed by atoms with Gasteiger partial charge in [-0.3, -0.25) is 19.7 Å². The number of nitro benzene ring substituents is 1. The summed E-state index contributed by atoms with van der Waals surface area (Å²) in [5.74, 6) is -4.16. The molecule has 0 aromatic heterocycles. The molecule has 0 saturated heterocycles. The number of amides is 2. The molecule has 0 fully saturated rings. The van der Waals surface area contributed by atoms with E-state index in [1.54, 1.807) is 0 Å². The second-order valence-corrected chi connectivity index (χ2v) is 3.85. The standard InChI is InChI=1S/C11H11F2N3O4/c1-5(10(17)14-2)15-11(18)6-3-8(13)9(16(19)20)4-7(6)12/h3-5H,1-2H3,(H,14,17)(H,15,18). The van der Waals surface area contributed by atoms with E-state index in [0.29, 0.717) is 12.1 Å². The lowest BCUT2D eigenvalue weighted by molar-refractivity contribution is -0.387. The molecule has 108 valence electrons. The Balaban J connectivity index is 3.03. The van der Waals surface area contributed by atoms with Gasteiger partial charge >= 0.3 is 5.69 Å². The van der Waals surface area contributed by atoms with Crippen molar-refractivity contribution in [1.82, 2.24) is 10.6 Å². The number of carbonyl (C=O) groups is 2. The maximum Gasteiger partial charge on any atom is 0.307 e. The minimum absolute atomic E-state index is 0.314. The lowest BCUT2D eigenvalue weighted by Crippen LogP contribution is -2.43. The van der Waals surface area contributed by atoms with Crippen LogP contribution in [0.15, 0.2) is 12.1 Å². The van der Waals surface area contributed by atoms with E-state index in [2.05, 4.69) is 10.6 Å². The molecule has 0 saturated carbocycles. The number of halogens is 2. The van der Waals surface area contributed by atoms with Crippen LogP contribution in [-0.4, -0.2) is 29.8 Å². The van der Waals surface area contributed by atoms with Crippen LogP contribution in [-0.2, 0) is 4.79 Å². The Morgan fingerprint density at radius 2 is 1.90 bits per heavy atom. The number of hydrogen-bond acceptors (Lipinski definition) is 4. The smallest absolute Gasteiger partial charge is 0.307 e. The topological polar surface area (TPSA) is 101 Å². The monoisotopic (exact) mass is 287 g/mol. The summed E-state index contributed by atoms with van der Waals surface area (Å²) in [6.07, 6.45) is 0. The Kier molecular flexibility index (Phi) is 4.68. The summed E-state index contributed by atoms with van der Waals surface area (Å²) in [7, 11) is 1.34. The molecule has 0 spiro atoms. The summed E-state index contributed by atoms with van der Waals surface area (Å²) in [4.78, 5) is 32.2. The van der Waals surface area contributed by atoms with Gasteiger partial charge in [-0.25, -0.2) is 4.39 Å². The van der Waals surface area contributed by atoms with Crippen LogP contribution in [0.1, 0.15) is 17.3 Å². The summed E-state index contributed by atoms with van der Waals surface area (Å²) in [5.41, 5.74) is -1.79. The van der Waals surface area contributed by atoms with Gasteiger partial charge in [-0.05, 0) is 13.0 Å². The van der Waals surface area contributed by atoms with Crippen molar-refractivity contribution in [3.05, 3.63) is 39.4 Å². The van der Waals surface area contributed by atoms with Gasteiger partial charge in [0.05, 0.1) is 16.6 Å². The minimum atomic E-state index is -1.34. The first kappa shape index (κ1) is 15.5. The van der Waals surface area contributed by atoms with Crippen molar-refractivity contribution in [2.45, 2.75) is 13.0 Å². The molecule has 1 atom stereocenters. The number of likely N-dealkylation sites (N-methyl/N-ethyl adjacent to an activating group) is 1. The van der Waals surface area contributed by atoms with Crippen LogP contribution in [0.4, 0.5) is 14.5 Å². The van der Waals surface area contributed by atoms with Gasteiger partial charge in [0, 0.05) is 7.05 Å². The maximum absolute atomic E-state index is 13.5. The molecule has 1 unspecified atom stereocenters. The van der Waals surface area contributed by atoms with Gasteiger partial charge < -0.3 is 10.6 Å². The van der Waals surface area contributed by atoms with Gasteiger partial charge in [-0.1, -0.05) is 0 Å². The predicted molar refractivity (Wildman–Crippen MR) is 64.0 cm³/mol. The SMILES string of the molecule is CNC(=O)C(C)NC(=O)c1cc(F)c([N+](=O)[O-])cc1F.